The van der Waals surface area contributed by atoms with Gasteiger partial charge in [0.15, 0.2) is 9.84 Å². The minimum Gasteiger partial charge on any atom is -0.257 e. The predicted octanol–water partition coefficient (Wildman–Crippen LogP) is 3.80. The quantitative estimate of drug-likeness (QED) is 0.699. The van der Waals surface area contributed by atoms with Crippen molar-refractivity contribution in [3.63, 3.8) is 0 Å². The molecule has 0 unspecified atom stereocenters. The van der Waals surface area contributed by atoms with E-state index in [1.165, 1.54) is 6.26 Å². The molecule has 0 aliphatic carbocycles. The molecule has 0 fully saturated rings. The van der Waals surface area contributed by atoms with Crippen molar-refractivity contribution in [2.75, 3.05) is 6.26 Å². The van der Waals surface area contributed by atoms with Crippen LogP contribution in [0.4, 0.5) is 0 Å². The number of sulfone groups is 1. The molecule has 0 aliphatic heterocycles. The van der Waals surface area contributed by atoms with E-state index in [1.54, 1.807) is 47.3 Å². The molecule has 1 heterocycles. The van der Waals surface area contributed by atoms with Crippen LogP contribution in [-0.4, -0.2) is 24.5 Å². The zero-order valence-corrected chi connectivity index (χ0v) is 14.9. The van der Waals surface area contributed by atoms with Gasteiger partial charge in [0, 0.05) is 28.6 Å². The maximum absolute atomic E-state index is 11.6. The topological polar surface area (TPSA) is 75.8 Å². The molecule has 7 heteroatoms. The Labute approximate surface area is 151 Å². The first-order chi connectivity index (χ1) is 11.9. The van der Waals surface area contributed by atoms with Gasteiger partial charge in [-0.05, 0) is 29.8 Å². The van der Waals surface area contributed by atoms with Crippen LogP contribution >= 0.6 is 11.6 Å². The predicted molar refractivity (Wildman–Crippen MR) is 96.8 cm³/mol. The highest BCUT2D eigenvalue weighted by Gasteiger charge is 2.14. The molecular formula is C18H14ClN3O2S. The number of benzene rings is 2. The Morgan fingerprint density at radius 1 is 1.08 bits per heavy atom. The second-order valence-corrected chi connectivity index (χ2v) is 8.00. The highest BCUT2D eigenvalue weighted by Crippen LogP contribution is 2.32. The molecular weight excluding hydrogens is 358 g/mol. The van der Waals surface area contributed by atoms with Gasteiger partial charge in [0.1, 0.15) is 12.2 Å². The average molecular weight is 372 g/mol. The highest BCUT2D eigenvalue weighted by atomic mass is 35.5. The van der Waals surface area contributed by atoms with Crippen molar-refractivity contribution in [1.29, 1.82) is 5.26 Å². The van der Waals surface area contributed by atoms with Gasteiger partial charge in [0.25, 0.3) is 0 Å². The summed E-state index contributed by atoms with van der Waals surface area (Å²) in [4.78, 5) is 0.251. The third kappa shape index (κ3) is 3.73. The van der Waals surface area contributed by atoms with Crippen molar-refractivity contribution in [3.05, 3.63) is 59.8 Å². The number of halogens is 1. The third-order valence-electron chi connectivity index (χ3n) is 3.71. The fourth-order valence-corrected chi connectivity index (χ4v) is 3.25. The minimum atomic E-state index is -3.26. The van der Waals surface area contributed by atoms with Crippen LogP contribution in [0.15, 0.2) is 59.6 Å². The van der Waals surface area contributed by atoms with E-state index in [4.69, 9.17) is 16.9 Å². The van der Waals surface area contributed by atoms with Crippen molar-refractivity contribution < 1.29 is 8.42 Å². The molecule has 0 saturated heterocycles. The van der Waals surface area contributed by atoms with Crippen LogP contribution < -0.4 is 0 Å². The molecule has 126 valence electrons. The molecule has 0 aliphatic rings. The summed E-state index contributed by atoms with van der Waals surface area (Å²) < 4.78 is 24.8. The standard InChI is InChI=1S/C18H14ClN3O2S/c1-25(23,24)16-8-4-14(5-9-16)18-17(12-22(21-18)11-10-20)13-2-6-15(19)7-3-13/h2-9,12H,11H2,1H3. The lowest BCUT2D eigenvalue weighted by Gasteiger charge is -2.04. The first kappa shape index (κ1) is 17.2. The van der Waals surface area contributed by atoms with E-state index in [0.29, 0.717) is 10.7 Å². The van der Waals surface area contributed by atoms with Crippen LogP contribution in [-0.2, 0) is 16.4 Å². The molecule has 2 aromatic carbocycles. The Morgan fingerprint density at radius 2 is 1.68 bits per heavy atom. The molecule has 3 rings (SSSR count). The summed E-state index contributed by atoms with van der Waals surface area (Å²) in [6.45, 7) is 0.127. The van der Waals surface area contributed by atoms with Gasteiger partial charge in [0.05, 0.1) is 11.0 Å². The lowest BCUT2D eigenvalue weighted by Crippen LogP contribution is -1.97. The van der Waals surface area contributed by atoms with E-state index in [-0.39, 0.29) is 11.4 Å². The molecule has 0 saturated carbocycles. The molecule has 0 N–H and O–H groups in total. The van der Waals surface area contributed by atoms with Gasteiger partial charge in [-0.1, -0.05) is 35.9 Å². The van der Waals surface area contributed by atoms with E-state index in [2.05, 4.69) is 11.2 Å². The van der Waals surface area contributed by atoms with Crippen LogP contribution in [0.5, 0.6) is 0 Å². The van der Waals surface area contributed by atoms with Gasteiger partial charge >= 0.3 is 0 Å². The molecule has 0 radical (unpaired) electrons. The van der Waals surface area contributed by atoms with Gasteiger partial charge in [-0.15, -0.1) is 0 Å². The fourth-order valence-electron chi connectivity index (χ4n) is 2.49. The summed E-state index contributed by atoms with van der Waals surface area (Å²) in [5, 5.41) is 14.0. The third-order valence-corrected chi connectivity index (χ3v) is 5.09. The van der Waals surface area contributed by atoms with Crippen molar-refractivity contribution >= 4 is 21.4 Å². The Kier molecular flexibility index (Phi) is 4.62. The largest absolute Gasteiger partial charge is 0.257 e. The van der Waals surface area contributed by atoms with Gasteiger partial charge in [-0.25, -0.2) is 8.42 Å². The van der Waals surface area contributed by atoms with Crippen molar-refractivity contribution in [2.24, 2.45) is 0 Å². The summed E-state index contributed by atoms with van der Waals surface area (Å²) in [6.07, 6.45) is 2.97. The Hall–Kier alpha value is -2.62. The number of hydrogen-bond acceptors (Lipinski definition) is 4. The second kappa shape index (κ2) is 6.71. The van der Waals surface area contributed by atoms with Gasteiger partial charge in [0.2, 0.25) is 0 Å². The maximum atomic E-state index is 11.6. The van der Waals surface area contributed by atoms with Crippen molar-refractivity contribution in [2.45, 2.75) is 11.4 Å². The normalized spacial score (nSPS) is 11.2. The zero-order chi connectivity index (χ0) is 18.0. The summed E-state index contributed by atoms with van der Waals surface area (Å²) in [5.74, 6) is 0. The lowest BCUT2D eigenvalue weighted by molar-refractivity contribution is 0.602. The molecule has 0 atom stereocenters. The maximum Gasteiger partial charge on any atom is 0.175 e. The Balaban J connectivity index is 2.11. The molecule has 25 heavy (non-hydrogen) atoms. The minimum absolute atomic E-state index is 0.127. The molecule has 0 amide bonds. The van der Waals surface area contributed by atoms with E-state index in [9.17, 15) is 8.42 Å². The average Bonchev–Trinajstić information content (AvgIpc) is 2.99. The van der Waals surface area contributed by atoms with Crippen LogP contribution in [0.25, 0.3) is 22.4 Å². The molecule has 5 nitrogen and oxygen atoms in total. The van der Waals surface area contributed by atoms with E-state index in [0.717, 1.165) is 16.7 Å². The monoisotopic (exact) mass is 371 g/mol. The first-order valence-corrected chi connectivity index (χ1v) is 9.66. The smallest absolute Gasteiger partial charge is 0.175 e. The summed E-state index contributed by atoms with van der Waals surface area (Å²) in [7, 11) is -3.26. The van der Waals surface area contributed by atoms with Gasteiger partial charge in [-0.3, -0.25) is 4.68 Å². The van der Waals surface area contributed by atoms with E-state index >= 15 is 0 Å². The van der Waals surface area contributed by atoms with E-state index in [1.807, 2.05) is 12.1 Å². The lowest BCUT2D eigenvalue weighted by atomic mass is 10.0. The molecule has 0 bridgehead atoms. The van der Waals surface area contributed by atoms with E-state index < -0.39 is 9.84 Å². The molecule has 0 spiro atoms. The van der Waals surface area contributed by atoms with Crippen LogP contribution in [0, 0.1) is 11.3 Å². The highest BCUT2D eigenvalue weighted by molar-refractivity contribution is 7.90. The Morgan fingerprint density at radius 3 is 2.24 bits per heavy atom. The van der Waals surface area contributed by atoms with Crippen LogP contribution in [0.1, 0.15) is 0 Å². The molecule has 3 aromatic rings. The summed E-state index contributed by atoms with van der Waals surface area (Å²) >= 11 is 5.95. The van der Waals surface area contributed by atoms with Gasteiger partial charge < -0.3 is 0 Å². The first-order valence-electron chi connectivity index (χ1n) is 7.39. The number of aromatic nitrogens is 2. The van der Waals surface area contributed by atoms with Crippen LogP contribution in [0.2, 0.25) is 5.02 Å². The number of rotatable bonds is 4. The van der Waals surface area contributed by atoms with Gasteiger partial charge in [-0.2, -0.15) is 10.4 Å². The Bertz CT molecular complexity index is 1050. The molecule has 1 aromatic heterocycles. The summed E-state index contributed by atoms with van der Waals surface area (Å²) in [6, 6.07) is 15.9. The second-order valence-electron chi connectivity index (χ2n) is 5.55. The number of hydrogen-bond donors (Lipinski definition) is 0. The van der Waals surface area contributed by atoms with Crippen molar-refractivity contribution in [1.82, 2.24) is 9.78 Å². The number of nitrogens with zero attached hydrogens (tertiary/aromatic N) is 3. The van der Waals surface area contributed by atoms with Crippen LogP contribution in [0.3, 0.4) is 0 Å². The van der Waals surface area contributed by atoms with Crippen molar-refractivity contribution in [3.8, 4) is 28.5 Å². The summed E-state index contributed by atoms with van der Waals surface area (Å²) in [5.41, 5.74) is 3.21. The fraction of sp³-hybridized carbons (Fsp3) is 0.111. The zero-order valence-electron chi connectivity index (χ0n) is 13.3. The number of nitriles is 1. The SMILES string of the molecule is CS(=O)(=O)c1ccc(-c2nn(CC#N)cc2-c2ccc(Cl)cc2)cc1.